The Labute approximate surface area is 159 Å². The van der Waals surface area contributed by atoms with Crippen LogP contribution < -0.4 is 0 Å². The largest absolute Gasteiger partial charge is 0.443 e. The third-order valence-corrected chi connectivity index (χ3v) is 4.61. The van der Waals surface area contributed by atoms with E-state index in [1.165, 1.54) is 6.39 Å². The summed E-state index contributed by atoms with van der Waals surface area (Å²) < 4.78 is 7.53. The highest BCUT2D eigenvalue weighted by atomic mass is 35.5. The maximum atomic E-state index is 6.13. The van der Waals surface area contributed by atoms with Crippen LogP contribution in [-0.4, -0.2) is 20.0 Å². The number of rotatable bonds is 3. The Kier molecular flexibility index (Phi) is 3.73. The summed E-state index contributed by atoms with van der Waals surface area (Å²) >= 11 is 6.13. The van der Waals surface area contributed by atoms with E-state index in [1.807, 2.05) is 77.5 Å². The number of halogens is 1. The van der Waals surface area contributed by atoms with Crippen molar-refractivity contribution in [1.82, 2.24) is 20.0 Å². The minimum absolute atomic E-state index is 0.656. The molecule has 2 aromatic heterocycles. The molecule has 5 rings (SSSR count). The first-order chi connectivity index (χ1) is 13.3. The number of hydrogen-bond donors (Lipinski definition) is 0. The summed E-state index contributed by atoms with van der Waals surface area (Å²) in [5.41, 5.74) is 5.20. The highest BCUT2D eigenvalue weighted by Gasteiger charge is 2.15. The molecule has 0 aliphatic heterocycles. The van der Waals surface area contributed by atoms with E-state index < -0.39 is 0 Å². The van der Waals surface area contributed by atoms with Gasteiger partial charge in [-0.1, -0.05) is 47.1 Å². The molecule has 0 radical (unpaired) electrons. The van der Waals surface area contributed by atoms with Crippen LogP contribution in [0.25, 0.3) is 39.3 Å². The number of fused-ring (bicyclic) bond motifs is 1. The van der Waals surface area contributed by atoms with Crippen molar-refractivity contribution in [2.45, 2.75) is 0 Å². The fraction of sp³-hybridized carbons (Fsp3) is 0. The predicted octanol–water partition coefficient (Wildman–Crippen LogP) is 5.40. The van der Waals surface area contributed by atoms with Crippen LogP contribution in [0.15, 0.2) is 83.6 Å². The van der Waals surface area contributed by atoms with E-state index in [0.717, 1.165) is 33.5 Å². The minimum atomic E-state index is 0.656. The van der Waals surface area contributed by atoms with Gasteiger partial charge < -0.3 is 4.42 Å². The number of para-hydroxylation sites is 1. The Balaban J connectivity index is 1.66. The Morgan fingerprint density at radius 1 is 0.852 bits per heavy atom. The van der Waals surface area contributed by atoms with Gasteiger partial charge in [0, 0.05) is 16.1 Å². The van der Waals surface area contributed by atoms with Gasteiger partial charge in [-0.3, -0.25) is 0 Å². The lowest BCUT2D eigenvalue weighted by atomic mass is 10.1. The Hall–Kier alpha value is -3.44. The van der Waals surface area contributed by atoms with Gasteiger partial charge in [-0.15, -0.1) is 5.10 Å². The van der Waals surface area contributed by atoms with Gasteiger partial charge in [0.2, 0.25) is 0 Å². The first-order valence-electron chi connectivity index (χ1n) is 8.40. The first kappa shape index (κ1) is 15.8. The van der Waals surface area contributed by atoms with Crippen LogP contribution >= 0.6 is 11.6 Å². The Bertz CT molecular complexity index is 1240. The zero-order chi connectivity index (χ0) is 18.2. The van der Waals surface area contributed by atoms with Crippen LogP contribution in [0.3, 0.4) is 0 Å². The van der Waals surface area contributed by atoms with E-state index in [2.05, 4.69) is 15.3 Å². The van der Waals surface area contributed by atoms with Gasteiger partial charge in [0.15, 0.2) is 12.2 Å². The standard InChI is InChI=1S/C21H13ClN4O/c22-16-6-4-5-14(11-16)20-21(27-13-23-20)15-9-10-18-19(12-15)26(25-24-18)17-7-2-1-3-8-17/h1-13H. The lowest BCUT2D eigenvalue weighted by Gasteiger charge is -2.05. The lowest BCUT2D eigenvalue weighted by Crippen LogP contribution is -1.95. The van der Waals surface area contributed by atoms with E-state index in [0.29, 0.717) is 10.8 Å². The number of oxazole rings is 1. The van der Waals surface area contributed by atoms with Crippen molar-refractivity contribution >= 4 is 22.6 Å². The van der Waals surface area contributed by atoms with E-state index in [4.69, 9.17) is 16.0 Å². The van der Waals surface area contributed by atoms with E-state index >= 15 is 0 Å². The number of nitrogens with zero attached hydrogens (tertiary/aromatic N) is 4. The average molecular weight is 373 g/mol. The maximum absolute atomic E-state index is 6.13. The summed E-state index contributed by atoms with van der Waals surface area (Å²) in [6, 6.07) is 23.4. The molecule has 0 fully saturated rings. The van der Waals surface area contributed by atoms with Gasteiger partial charge in [0.25, 0.3) is 0 Å². The zero-order valence-corrected chi connectivity index (χ0v) is 14.8. The highest BCUT2D eigenvalue weighted by Crippen LogP contribution is 2.33. The average Bonchev–Trinajstić information content (AvgIpc) is 3.35. The quantitative estimate of drug-likeness (QED) is 0.425. The van der Waals surface area contributed by atoms with Crippen molar-refractivity contribution < 1.29 is 4.42 Å². The van der Waals surface area contributed by atoms with Crippen LogP contribution in [0.5, 0.6) is 0 Å². The Morgan fingerprint density at radius 2 is 1.74 bits per heavy atom. The molecule has 0 N–H and O–H groups in total. The molecule has 0 unspecified atom stereocenters. The third kappa shape index (κ3) is 2.78. The maximum Gasteiger partial charge on any atom is 0.182 e. The van der Waals surface area contributed by atoms with Gasteiger partial charge >= 0.3 is 0 Å². The molecule has 0 aliphatic carbocycles. The monoisotopic (exact) mass is 372 g/mol. The van der Waals surface area contributed by atoms with E-state index in [-0.39, 0.29) is 0 Å². The summed E-state index contributed by atoms with van der Waals surface area (Å²) in [5, 5.41) is 9.20. The molecule has 6 heteroatoms. The second-order valence-corrected chi connectivity index (χ2v) is 6.52. The molecule has 5 nitrogen and oxygen atoms in total. The smallest absolute Gasteiger partial charge is 0.182 e. The van der Waals surface area contributed by atoms with Gasteiger partial charge in [-0.25, -0.2) is 9.67 Å². The van der Waals surface area contributed by atoms with Crippen LogP contribution in [0.2, 0.25) is 5.02 Å². The molecule has 0 amide bonds. The van der Waals surface area contributed by atoms with Crippen molar-refractivity contribution in [3.05, 3.63) is 84.2 Å². The zero-order valence-electron chi connectivity index (χ0n) is 14.1. The number of hydrogen-bond acceptors (Lipinski definition) is 4. The van der Waals surface area contributed by atoms with Crippen LogP contribution in [0.1, 0.15) is 0 Å². The van der Waals surface area contributed by atoms with Crippen molar-refractivity contribution in [2.75, 3.05) is 0 Å². The van der Waals surface area contributed by atoms with Crippen molar-refractivity contribution in [3.63, 3.8) is 0 Å². The van der Waals surface area contributed by atoms with Gasteiger partial charge in [-0.2, -0.15) is 0 Å². The highest BCUT2D eigenvalue weighted by molar-refractivity contribution is 6.30. The predicted molar refractivity (Wildman–Crippen MR) is 105 cm³/mol. The van der Waals surface area contributed by atoms with Crippen molar-refractivity contribution in [3.8, 4) is 28.3 Å². The molecule has 5 aromatic rings. The second kappa shape index (κ2) is 6.37. The molecule has 0 saturated heterocycles. The minimum Gasteiger partial charge on any atom is -0.443 e. The van der Waals surface area contributed by atoms with Crippen molar-refractivity contribution in [2.24, 2.45) is 0 Å². The van der Waals surface area contributed by atoms with Gasteiger partial charge in [0.1, 0.15) is 11.2 Å². The molecule has 0 spiro atoms. The van der Waals surface area contributed by atoms with E-state index in [9.17, 15) is 0 Å². The normalized spacial score (nSPS) is 11.1. The number of aromatic nitrogens is 4. The van der Waals surface area contributed by atoms with Gasteiger partial charge in [-0.05, 0) is 42.5 Å². The first-order valence-corrected chi connectivity index (χ1v) is 8.78. The molecule has 3 aromatic carbocycles. The molecule has 27 heavy (non-hydrogen) atoms. The van der Waals surface area contributed by atoms with Crippen LogP contribution in [0.4, 0.5) is 0 Å². The van der Waals surface area contributed by atoms with Crippen LogP contribution in [-0.2, 0) is 0 Å². The third-order valence-electron chi connectivity index (χ3n) is 4.37. The molecular formula is C21H13ClN4O. The fourth-order valence-electron chi connectivity index (χ4n) is 3.11. The molecule has 2 heterocycles. The topological polar surface area (TPSA) is 56.7 Å². The summed E-state index contributed by atoms with van der Waals surface area (Å²) in [7, 11) is 0. The SMILES string of the molecule is Clc1cccc(-c2ncoc2-c2ccc3nnn(-c4ccccc4)c3c2)c1. The Morgan fingerprint density at radius 3 is 2.59 bits per heavy atom. The molecule has 0 saturated carbocycles. The molecular weight excluding hydrogens is 360 g/mol. The molecule has 0 bridgehead atoms. The fourth-order valence-corrected chi connectivity index (χ4v) is 3.30. The van der Waals surface area contributed by atoms with E-state index in [1.54, 1.807) is 0 Å². The van der Waals surface area contributed by atoms with Crippen LogP contribution in [0, 0.1) is 0 Å². The molecule has 0 atom stereocenters. The lowest BCUT2D eigenvalue weighted by molar-refractivity contribution is 0.572. The summed E-state index contributed by atoms with van der Waals surface area (Å²) in [5.74, 6) is 0.681. The van der Waals surface area contributed by atoms with Crippen molar-refractivity contribution in [1.29, 1.82) is 0 Å². The molecule has 0 aliphatic rings. The summed E-state index contributed by atoms with van der Waals surface area (Å²) in [4.78, 5) is 4.39. The summed E-state index contributed by atoms with van der Waals surface area (Å²) in [6.07, 6.45) is 1.45. The summed E-state index contributed by atoms with van der Waals surface area (Å²) in [6.45, 7) is 0. The second-order valence-electron chi connectivity index (χ2n) is 6.08. The molecule has 130 valence electrons. The van der Waals surface area contributed by atoms with Gasteiger partial charge in [0.05, 0.1) is 11.2 Å². The number of benzene rings is 3.